The summed E-state index contributed by atoms with van der Waals surface area (Å²) in [6, 6.07) is 0.259. The van der Waals surface area contributed by atoms with Crippen molar-refractivity contribution in [3.8, 4) is 0 Å². The van der Waals surface area contributed by atoms with Crippen LogP contribution in [0.25, 0.3) is 0 Å². The Morgan fingerprint density at radius 3 is 2.53 bits per heavy atom. The van der Waals surface area contributed by atoms with Gasteiger partial charge < -0.3 is 10.4 Å². The summed E-state index contributed by atoms with van der Waals surface area (Å²) in [5.74, 6) is -0.462. The fourth-order valence-corrected chi connectivity index (χ4v) is 2.32. The number of hydrogen-bond acceptors (Lipinski definition) is 3. The smallest absolute Gasteiger partial charge is 0.317 e. The lowest BCUT2D eigenvalue weighted by Gasteiger charge is -2.30. The predicted molar refractivity (Wildman–Crippen MR) is 64.7 cm³/mol. The van der Waals surface area contributed by atoms with E-state index < -0.39 is 5.97 Å². The Bertz CT molecular complexity index is 281. The van der Waals surface area contributed by atoms with Gasteiger partial charge in [-0.15, -0.1) is 0 Å². The summed E-state index contributed by atoms with van der Waals surface area (Å²) in [6.07, 6.45) is 4.61. The number of amides is 1. The van der Waals surface area contributed by atoms with Crippen LogP contribution >= 0.6 is 0 Å². The van der Waals surface area contributed by atoms with Crippen molar-refractivity contribution in [1.82, 2.24) is 10.2 Å². The summed E-state index contributed by atoms with van der Waals surface area (Å²) in [7, 11) is 1.64. The number of carbonyl (C=O) groups excluding carboxylic acids is 1. The summed E-state index contributed by atoms with van der Waals surface area (Å²) in [5.41, 5.74) is 0. The number of rotatable bonds is 5. The van der Waals surface area contributed by atoms with Crippen LogP contribution in [0.4, 0.5) is 0 Å². The van der Waals surface area contributed by atoms with Crippen LogP contribution < -0.4 is 5.32 Å². The van der Waals surface area contributed by atoms with E-state index in [1.54, 1.807) is 7.05 Å². The van der Waals surface area contributed by atoms with Gasteiger partial charge in [0, 0.05) is 6.04 Å². The van der Waals surface area contributed by atoms with Crippen molar-refractivity contribution in [2.75, 3.05) is 20.1 Å². The molecular weight excluding hydrogens is 220 g/mol. The number of likely N-dealkylation sites (N-methyl/N-ethyl adjacent to an activating group) is 1. The maximum Gasteiger partial charge on any atom is 0.317 e. The summed E-state index contributed by atoms with van der Waals surface area (Å²) < 4.78 is 0. The summed E-state index contributed by atoms with van der Waals surface area (Å²) in [4.78, 5) is 23.7. The molecule has 2 atom stereocenters. The number of carboxylic acids is 1. The lowest BCUT2D eigenvalue weighted by Crippen LogP contribution is -2.45. The number of carboxylic acid groups (broad SMARTS) is 1. The first-order chi connectivity index (χ1) is 7.99. The van der Waals surface area contributed by atoms with E-state index in [1.807, 2.05) is 0 Å². The molecule has 2 N–H and O–H groups in total. The zero-order valence-corrected chi connectivity index (χ0v) is 10.6. The third kappa shape index (κ3) is 5.17. The quantitative estimate of drug-likeness (QED) is 0.744. The molecule has 17 heavy (non-hydrogen) atoms. The average Bonchev–Trinajstić information content (AvgIpc) is 2.19. The molecule has 98 valence electrons. The molecular formula is C12H22N2O3. The fourth-order valence-electron chi connectivity index (χ4n) is 2.32. The van der Waals surface area contributed by atoms with E-state index in [0.29, 0.717) is 5.92 Å². The molecule has 1 aliphatic carbocycles. The Balaban J connectivity index is 2.30. The van der Waals surface area contributed by atoms with Crippen LogP contribution in [0.2, 0.25) is 0 Å². The van der Waals surface area contributed by atoms with E-state index in [9.17, 15) is 9.59 Å². The van der Waals surface area contributed by atoms with E-state index >= 15 is 0 Å². The van der Waals surface area contributed by atoms with Crippen molar-refractivity contribution in [2.24, 2.45) is 5.92 Å². The topological polar surface area (TPSA) is 69.6 Å². The molecule has 0 aromatic carbocycles. The van der Waals surface area contributed by atoms with Crippen LogP contribution in [0.15, 0.2) is 0 Å². The molecule has 0 bridgehead atoms. The lowest BCUT2D eigenvalue weighted by atomic mass is 9.86. The maximum absolute atomic E-state index is 11.7. The second kappa shape index (κ2) is 6.59. The highest BCUT2D eigenvalue weighted by atomic mass is 16.4. The molecule has 0 radical (unpaired) electrons. The number of nitrogens with zero attached hydrogens (tertiary/aromatic N) is 1. The van der Waals surface area contributed by atoms with Gasteiger partial charge in [-0.05, 0) is 25.8 Å². The van der Waals surface area contributed by atoms with Crippen LogP contribution in [0.3, 0.4) is 0 Å². The maximum atomic E-state index is 11.7. The molecule has 1 aliphatic rings. The van der Waals surface area contributed by atoms with E-state index in [4.69, 9.17) is 5.11 Å². The molecule has 0 heterocycles. The highest BCUT2D eigenvalue weighted by molar-refractivity contribution is 5.79. The molecule has 0 aromatic heterocycles. The molecule has 0 unspecified atom stereocenters. The minimum Gasteiger partial charge on any atom is -0.480 e. The number of hydrogen-bond donors (Lipinski definition) is 2. The van der Waals surface area contributed by atoms with E-state index in [-0.39, 0.29) is 25.0 Å². The van der Waals surface area contributed by atoms with Gasteiger partial charge in [-0.25, -0.2) is 0 Å². The van der Waals surface area contributed by atoms with Crippen LogP contribution in [0.5, 0.6) is 0 Å². The van der Waals surface area contributed by atoms with Crippen LogP contribution in [-0.2, 0) is 9.59 Å². The number of carbonyl (C=O) groups is 2. The number of aliphatic carboxylic acids is 1. The standard InChI is InChI=1S/C12H22N2O3/c1-9-5-3-4-6-10(9)13-11(15)7-14(2)8-12(16)17/h9-10H,3-8H2,1-2H3,(H,13,15)(H,16,17)/t9-,10-/m0/s1. The molecule has 5 heteroatoms. The minimum absolute atomic E-state index is 0.0764. The van der Waals surface area contributed by atoms with Gasteiger partial charge in [-0.3, -0.25) is 14.5 Å². The predicted octanol–water partition coefficient (Wildman–Crippen LogP) is 0.698. The zero-order chi connectivity index (χ0) is 12.8. The van der Waals surface area contributed by atoms with E-state index in [2.05, 4.69) is 12.2 Å². The zero-order valence-electron chi connectivity index (χ0n) is 10.6. The van der Waals surface area contributed by atoms with Crippen LogP contribution in [-0.4, -0.2) is 48.1 Å². The Hall–Kier alpha value is -1.10. The lowest BCUT2D eigenvalue weighted by molar-refractivity contribution is -0.138. The average molecular weight is 242 g/mol. The van der Waals surface area contributed by atoms with Crippen molar-refractivity contribution >= 4 is 11.9 Å². The fraction of sp³-hybridized carbons (Fsp3) is 0.833. The minimum atomic E-state index is -0.911. The van der Waals surface area contributed by atoms with Gasteiger partial charge in [0.25, 0.3) is 0 Å². The normalized spacial score (nSPS) is 24.6. The Morgan fingerprint density at radius 1 is 1.29 bits per heavy atom. The third-order valence-electron chi connectivity index (χ3n) is 3.28. The molecule has 0 saturated heterocycles. The SMILES string of the molecule is C[C@H]1CCCC[C@@H]1NC(=O)CN(C)CC(=O)O. The van der Waals surface area contributed by atoms with Gasteiger partial charge in [0.15, 0.2) is 0 Å². The summed E-state index contributed by atoms with van der Waals surface area (Å²) in [6.45, 7) is 2.20. The van der Waals surface area contributed by atoms with Crippen LogP contribution in [0.1, 0.15) is 32.6 Å². The Labute approximate surface area is 102 Å². The Kier molecular flexibility index (Phi) is 5.41. The molecule has 0 aromatic rings. The summed E-state index contributed by atoms with van der Waals surface area (Å²) in [5, 5.41) is 11.6. The Morgan fingerprint density at radius 2 is 1.94 bits per heavy atom. The van der Waals surface area contributed by atoms with Crippen molar-refractivity contribution in [3.05, 3.63) is 0 Å². The molecule has 1 rings (SSSR count). The van der Waals surface area contributed by atoms with Crippen molar-refractivity contribution in [1.29, 1.82) is 0 Å². The molecule has 1 amide bonds. The van der Waals surface area contributed by atoms with Gasteiger partial charge in [-0.2, -0.15) is 0 Å². The van der Waals surface area contributed by atoms with Crippen molar-refractivity contribution < 1.29 is 14.7 Å². The van der Waals surface area contributed by atoms with Gasteiger partial charge in [0.1, 0.15) is 0 Å². The van der Waals surface area contributed by atoms with Crippen molar-refractivity contribution in [3.63, 3.8) is 0 Å². The largest absolute Gasteiger partial charge is 0.480 e. The van der Waals surface area contributed by atoms with Gasteiger partial charge in [-0.1, -0.05) is 19.8 Å². The van der Waals surface area contributed by atoms with Gasteiger partial charge in [0.05, 0.1) is 13.1 Å². The van der Waals surface area contributed by atoms with Crippen molar-refractivity contribution in [2.45, 2.75) is 38.6 Å². The first kappa shape index (κ1) is 14.0. The molecule has 0 aliphatic heterocycles. The molecule has 1 fully saturated rings. The molecule has 0 spiro atoms. The molecule has 5 nitrogen and oxygen atoms in total. The van der Waals surface area contributed by atoms with E-state index in [0.717, 1.165) is 12.8 Å². The van der Waals surface area contributed by atoms with E-state index in [1.165, 1.54) is 17.7 Å². The monoisotopic (exact) mass is 242 g/mol. The highest BCUT2D eigenvalue weighted by Gasteiger charge is 2.23. The second-order valence-electron chi connectivity index (χ2n) is 5.00. The summed E-state index contributed by atoms with van der Waals surface area (Å²) >= 11 is 0. The van der Waals surface area contributed by atoms with Gasteiger partial charge in [0.2, 0.25) is 5.91 Å². The highest BCUT2D eigenvalue weighted by Crippen LogP contribution is 2.23. The third-order valence-corrected chi connectivity index (χ3v) is 3.28. The first-order valence-corrected chi connectivity index (χ1v) is 6.18. The number of nitrogens with one attached hydrogen (secondary N) is 1. The van der Waals surface area contributed by atoms with Gasteiger partial charge >= 0.3 is 5.97 Å². The van der Waals surface area contributed by atoms with Crippen LogP contribution in [0, 0.1) is 5.92 Å². The molecule has 1 saturated carbocycles. The first-order valence-electron chi connectivity index (χ1n) is 6.18. The second-order valence-corrected chi connectivity index (χ2v) is 5.00.